The fourth-order valence-corrected chi connectivity index (χ4v) is 4.94. The van der Waals surface area contributed by atoms with Gasteiger partial charge < -0.3 is 0 Å². The van der Waals surface area contributed by atoms with Crippen molar-refractivity contribution >= 4 is 22.0 Å². The summed E-state index contributed by atoms with van der Waals surface area (Å²) in [6.45, 7) is 13.7. The lowest BCUT2D eigenvalue weighted by Gasteiger charge is -2.30. The van der Waals surface area contributed by atoms with E-state index >= 15 is 0 Å². The van der Waals surface area contributed by atoms with Gasteiger partial charge in [0, 0.05) is 6.21 Å². The van der Waals surface area contributed by atoms with Gasteiger partial charge in [0.1, 0.15) is 0 Å². The molecule has 0 saturated carbocycles. The van der Waals surface area contributed by atoms with E-state index in [9.17, 15) is 8.42 Å². The highest BCUT2D eigenvalue weighted by Crippen LogP contribution is 2.53. The van der Waals surface area contributed by atoms with Crippen LogP contribution in [0, 0.1) is 18.8 Å². The molecule has 0 saturated heterocycles. The third-order valence-corrected chi connectivity index (χ3v) is 7.24. The van der Waals surface area contributed by atoms with Gasteiger partial charge in [0.05, 0.1) is 10.6 Å². The second-order valence-electron chi connectivity index (χ2n) is 8.80. The quantitative estimate of drug-likeness (QED) is 0.533. The van der Waals surface area contributed by atoms with Crippen molar-refractivity contribution in [3.63, 3.8) is 0 Å². The van der Waals surface area contributed by atoms with Gasteiger partial charge in [-0.15, -0.1) is 0 Å². The summed E-state index contributed by atoms with van der Waals surface area (Å²) in [5.41, 5.74) is 5.90. The first-order chi connectivity index (χ1) is 12.9. The van der Waals surface area contributed by atoms with Gasteiger partial charge in [0.15, 0.2) is 0 Å². The molecule has 2 unspecified atom stereocenters. The molecule has 2 aromatic carbocycles. The largest absolute Gasteiger partial charge is 0.294 e. The molecule has 1 aliphatic rings. The number of nitrogens with zero attached hydrogens (tertiary/aromatic N) is 1. The molecule has 4 nitrogen and oxygen atoms in total. The molecule has 2 atom stereocenters. The molecule has 1 aliphatic carbocycles. The lowest BCUT2D eigenvalue weighted by Crippen LogP contribution is -2.25. The number of hydrogen-bond donors (Lipinski definition) is 1. The van der Waals surface area contributed by atoms with Crippen LogP contribution in [0.5, 0.6) is 0 Å². The van der Waals surface area contributed by atoms with Gasteiger partial charge in [0.2, 0.25) is 0 Å². The summed E-state index contributed by atoms with van der Waals surface area (Å²) in [7, 11) is -4.18. The first-order valence-electron chi connectivity index (χ1n) is 9.69. The maximum atomic E-state index is 11.2. The summed E-state index contributed by atoms with van der Waals surface area (Å²) in [6, 6.07) is 10.5. The molecule has 28 heavy (non-hydrogen) atoms. The Hall–Kier alpha value is -1.98. The van der Waals surface area contributed by atoms with Crippen molar-refractivity contribution in [2.45, 2.75) is 57.8 Å². The van der Waals surface area contributed by atoms with Crippen molar-refractivity contribution in [1.29, 1.82) is 0 Å². The lowest BCUT2D eigenvalue weighted by atomic mass is 9.74. The second-order valence-corrected chi connectivity index (χ2v) is 10.2. The highest BCUT2D eigenvalue weighted by Gasteiger charge is 2.44. The third-order valence-electron chi connectivity index (χ3n) is 6.37. The molecule has 0 heterocycles. The second kappa shape index (κ2) is 7.12. The van der Waals surface area contributed by atoms with Gasteiger partial charge in [-0.1, -0.05) is 40.7 Å². The van der Waals surface area contributed by atoms with Gasteiger partial charge in [-0.25, -0.2) is 0 Å². The van der Waals surface area contributed by atoms with Crippen molar-refractivity contribution in [3.8, 4) is 0 Å². The van der Waals surface area contributed by atoms with Crippen LogP contribution in [0.4, 0.5) is 5.69 Å². The Labute approximate surface area is 168 Å². The minimum absolute atomic E-state index is 0.129. The summed E-state index contributed by atoms with van der Waals surface area (Å²) in [5.74, 6) is 1.66. The Balaban J connectivity index is 1.98. The van der Waals surface area contributed by atoms with E-state index < -0.39 is 10.1 Å². The standard InChI is InChI=1S/C23H29NO3S/c1-14(2)22-16(4)23(5,6)21-11-15(3)17(12-20(21)22)13-24-18-7-9-19(10-8-18)28(25,26)27/h7-14,16,22H,1-6H3,(H,25,26,27). The molecule has 0 spiro atoms. The van der Waals surface area contributed by atoms with Crippen LogP contribution in [0.1, 0.15) is 62.8 Å². The van der Waals surface area contributed by atoms with Crippen molar-refractivity contribution in [2.24, 2.45) is 16.8 Å². The highest BCUT2D eigenvalue weighted by atomic mass is 32.2. The van der Waals surface area contributed by atoms with Crippen molar-refractivity contribution in [2.75, 3.05) is 0 Å². The zero-order chi connectivity index (χ0) is 20.9. The van der Waals surface area contributed by atoms with Crippen molar-refractivity contribution in [1.82, 2.24) is 0 Å². The van der Waals surface area contributed by atoms with Crippen LogP contribution in [0.2, 0.25) is 0 Å². The highest BCUT2D eigenvalue weighted by molar-refractivity contribution is 7.85. The molecule has 0 bridgehead atoms. The number of aryl methyl sites for hydroxylation is 1. The average Bonchev–Trinajstić information content (AvgIpc) is 2.79. The zero-order valence-electron chi connectivity index (χ0n) is 17.4. The van der Waals surface area contributed by atoms with Crippen molar-refractivity contribution < 1.29 is 13.0 Å². The van der Waals surface area contributed by atoms with Gasteiger partial charge in [0.25, 0.3) is 10.1 Å². The zero-order valence-corrected chi connectivity index (χ0v) is 18.2. The van der Waals surface area contributed by atoms with Gasteiger partial charge in [-0.2, -0.15) is 8.42 Å². The smallest absolute Gasteiger partial charge is 0.282 e. The molecule has 0 radical (unpaired) electrons. The predicted molar refractivity (Wildman–Crippen MR) is 114 cm³/mol. The predicted octanol–water partition coefficient (Wildman–Crippen LogP) is 5.66. The lowest BCUT2D eigenvalue weighted by molar-refractivity contribution is 0.286. The Morgan fingerprint density at radius 2 is 1.75 bits per heavy atom. The van der Waals surface area contributed by atoms with Gasteiger partial charge >= 0.3 is 0 Å². The average molecular weight is 400 g/mol. The van der Waals surface area contributed by atoms with E-state index in [2.05, 4.69) is 58.7 Å². The first-order valence-corrected chi connectivity index (χ1v) is 11.1. The summed E-state index contributed by atoms with van der Waals surface area (Å²) in [6.07, 6.45) is 1.84. The fraction of sp³-hybridized carbons (Fsp3) is 0.435. The molecule has 2 aromatic rings. The SMILES string of the molecule is Cc1cc2c(cc1C=Nc1ccc(S(=O)(=O)O)cc1)C(C(C)C)C(C)C2(C)C. The third kappa shape index (κ3) is 3.65. The summed E-state index contributed by atoms with van der Waals surface area (Å²) in [4.78, 5) is 4.38. The molecular formula is C23H29NO3S. The Bertz CT molecular complexity index is 1020. The fourth-order valence-electron chi connectivity index (χ4n) is 4.46. The van der Waals surface area contributed by atoms with Crippen LogP contribution >= 0.6 is 0 Å². The molecule has 150 valence electrons. The number of benzene rings is 2. The molecule has 5 heteroatoms. The Kier molecular flexibility index (Phi) is 5.28. The van der Waals surface area contributed by atoms with Crippen LogP contribution in [0.15, 0.2) is 46.3 Å². The first kappa shape index (κ1) is 20.7. The maximum Gasteiger partial charge on any atom is 0.294 e. The van der Waals surface area contributed by atoms with Crippen LogP contribution in [-0.2, 0) is 15.5 Å². The molecular weight excluding hydrogens is 370 g/mol. The number of rotatable bonds is 4. The van der Waals surface area contributed by atoms with Gasteiger partial charge in [-0.3, -0.25) is 9.55 Å². The molecule has 0 aromatic heterocycles. The topological polar surface area (TPSA) is 66.7 Å². The van der Waals surface area contributed by atoms with E-state index in [4.69, 9.17) is 4.55 Å². The van der Waals surface area contributed by atoms with E-state index in [-0.39, 0.29) is 10.3 Å². The number of aliphatic imine (C=N–C) groups is 1. The van der Waals surface area contributed by atoms with E-state index in [1.807, 2.05) is 6.21 Å². The summed E-state index contributed by atoms with van der Waals surface area (Å²) < 4.78 is 31.4. The van der Waals surface area contributed by atoms with E-state index in [0.717, 1.165) is 5.56 Å². The molecule has 3 rings (SSSR count). The molecule has 0 fully saturated rings. The van der Waals surface area contributed by atoms with Gasteiger partial charge in [-0.05, 0) is 82.7 Å². The minimum Gasteiger partial charge on any atom is -0.282 e. The van der Waals surface area contributed by atoms with Crippen LogP contribution in [0.3, 0.4) is 0 Å². The van der Waals surface area contributed by atoms with E-state index in [0.29, 0.717) is 23.4 Å². The monoisotopic (exact) mass is 399 g/mol. The Morgan fingerprint density at radius 3 is 2.29 bits per heavy atom. The molecule has 0 aliphatic heterocycles. The Morgan fingerprint density at radius 1 is 1.14 bits per heavy atom. The van der Waals surface area contributed by atoms with Crippen LogP contribution < -0.4 is 0 Å². The molecule has 1 N–H and O–H groups in total. The summed E-state index contributed by atoms with van der Waals surface area (Å²) >= 11 is 0. The normalized spacial score (nSPS) is 21.4. The van der Waals surface area contributed by atoms with Crippen molar-refractivity contribution in [3.05, 3.63) is 58.7 Å². The van der Waals surface area contributed by atoms with Crippen LogP contribution in [0.25, 0.3) is 0 Å². The maximum absolute atomic E-state index is 11.2. The van der Waals surface area contributed by atoms with E-state index in [1.165, 1.54) is 28.8 Å². The van der Waals surface area contributed by atoms with Crippen LogP contribution in [-0.4, -0.2) is 19.2 Å². The molecule has 0 amide bonds. The number of hydrogen-bond acceptors (Lipinski definition) is 3. The van der Waals surface area contributed by atoms with E-state index in [1.54, 1.807) is 12.1 Å². The summed E-state index contributed by atoms with van der Waals surface area (Å²) in [5, 5.41) is 0. The minimum atomic E-state index is -4.18. The number of fused-ring (bicyclic) bond motifs is 1.